The molecule has 7 nitrogen and oxygen atoms in total. The standard InChI is InChI=1S/C17H21N3O4/c1-23-16-5-3-2-4-15(16)20-10-14(8-18-20)17(22)19-6-7-24-12-13(9-19)11-21/h2-5,8,10,13,21H,6-7,9,11-12H2,1H3. The second-order valence-corrected chi connectivity index (χ2v) is 5.72. The van der Waals surface area contributed by atoms with Gasteiger partial charge in [-0.15, -0.1) is 0 Å². The molecule has 128 valence electrons. The summed E-state index contributed by atoms with van der Waals surface area (Å²) in [6, 6.07) is 7.49. The number of methoxy groups -OCH3 is 1. The maximum atomic E-state index is 12.7. The number of aliphatic hydroxyl groups is 1. The van der Waals surface area contributed by atoms with Crippen LogP contribution in [0.4, 0.5) is 0 Å². The topological polar surface area (TPSA) is 76.8 Å². The smallest absolute Gasteiger partial charge is 0.257 e. The van der Waals surface area contributed by atoms with Crippen LogP contribution in [0.3, 0.4) is 0 Å². The summed E-state index contributed by atoms with van der Waals surface area (Å²) in [5.74, 6) is 0.518. The molecule has 1 amide bonds. The summed E-state index contributed by atoms with van der Waals surface area (Å²) in [5, 5.41) is 13.6. The molecule has 24 heavy (non-hydrogen) atoms. The van der Waals surface area contributed by atoms with Crippen molar-refractivity contribution in [3.63, 3.8) is 0 Å². The van der Waals surface area contributed by atoms with E-state index in [9.17, 15) is 9.90 Å². The Kier molecular flexibility index (Phi) is 5.12. The van der Waals surface area contributed by atoms with Gasteiger partial charge in [0.2, 0.25) is 0 Å². The second-order valence-electron chi connectivity index (χ2n) is 5.72. The largest absolute Gasteiger partial charge is 0.494 e. The number of amides is 1. The van der Waals surface area contributed by atoms with E-state index in [0.717, 1.165) is 5.69 Å². The number of hydrogen-bond donors (Lipinski definition) is 1. The molecular formula is C17H21N3O4. The normalized spacial score (nSPS) is 18.2. The summed E-state index contributed by atoms with van der Waals surface area (Å²) in [7, 11) is 1.60. The Morgan fingerprint density at radius 1 is 1.46 bits per heavy atom. The van der Waals surface area contributed by atoms with E-state index in [1.807, 2.05) is 24.3 Å². The van der Waals surface area contributed by atoms with Crippen molar-refractivity contribution < 1.29 is 19.4 Å². The summed E-state index contributed by atoms with van der Waals surface area (Å²) >= 11 is 0. The first-order valence-electron chi connectivity index (χ1n) is 7.89. The van der Waals surface area contributed by atoms with Gasteiger partial charge in [0.05, 0.1) is 32.1 Å². The van der Waals surface area contributed by atoms with Gasteiger partial charge in [0.25, 0.3) is 5.91 Å². The monoisotopic (exact) mass is 331 g/mol. The molecule has 0 aliphatic carbocycles. The van der Waals surface area contributed by atoms with Crippen molar-refractivity contribution in [3.05, 3.63) is 42.2 Å². The number of benzene rings is 1. The molecule has 1 fully saturated rings. The maximum absolute atomic E-state index is 12.7. The van der Waals surface area contributed by atoms with Crippen molar-refractivity contribution in [1.82, 2.24) is 14.7 Å². The molecule has 0 saturated carbocycles. The first kappa shape index (κ1) is 16.5. The van der Waals surface area contributed by atoms with Crippen molar-refractivity contribution >= 4 is 5.91 Å². The summed E-state index contributed by atoms with van der Waals surface area (Å²) in [6.45, 7) is 1.94. The lowest BCUT2D eigenvalue weighted by molar-refractivity contribution is 0.0728. The van der Waals surface area contributed by atoms with Gasteiger partial charge in [-0.1, -0.05) is 12.1 Å². The minimum atomic E-state index is -0.111. The second kappa shape index (κ2) is 7.46. The van der Waals surface area contributed by atoms with Crippen LogP contribution in [-0.2, 0) is 4.74 Å². The van der Waals surface area contributed by atoms with E-state index in [-0.39, 0.29) is 18.4 Å². The van der Waals surface area contributed by atoms with Crippen molar-refractivity contribution in [2.75, 3.05) is 40.0 Å². The molecule has 0 bridgehead atoms. The third-order valence-corrected chi connectivity index (χ3v) is 4.04. The van der Waals surface area contributed by atoms with E-state index in [1.54, 1.807) is 29.1 Å². The zero-order valence-corrected chi connectivity index (χ0v) is 13.6. The zero-order valence-electron chi connectivity index (χ0n) is 13.6. The van der Waals surface area contributed by atoms with Crippen molar-refractivity contribution in [2.45, 2.75) is 0 Å². The third-order valence-electron chi connectivity index (χ3n) is 4.04. The lowest BCUT2D eigenvalue weighted by atomic mass is 10.1. The van der Waals surface area contributed by atoms with Crippen LogP contribution in [0, 0.1) is 5.92 Å². The Bertz CT molecular complexity index is 701. The molecule has 1 saturated heterocycles. The van der Waals surface area contributed by atoms with Crippen LogP contribution in [0.15, 0.2) is 36.7 Å². The fourth-order valence-electron chi connectivity index (χ4n) is 2.74. The van der Waals surface area contributed by atoms with Crippen LogP contribution in [0.25, 0.3) is 5.69 Å². The van der Waals surface area contributed by atoms with Crippen LogP contribution in [0.1, 0.15) is 10.4 Å². The Morgan fingerprint density at radius 2 is 2.29 bits per heavy atom. The number of ether oxygens (including phenoxy) is 2. The van der Waals surface area contributed by atoms with Crippen LogP contribution >= 0.6 is 0 Å². The molecule has 1 aliphatic rings. The SMILES string of the molecule is COc1ccccc1-n1cc(C(=O)N2CCOCC(CO)C2)cn1. The Balaban J connectivity index is 1.80. The predicted octanol–water partition coefficient (Wildman–Crippen LogP) is 0.962. The number of hydrogen-bond acceptors (Lipinski definition) is 5. The van der Waals surface area contributed by atoms with Crippen LogP contribution in [0.5, 0.6) is 5.75 Å². The molecule has 2 aromatic rings. The molecule has 1 aliphatic heterocycles. The van der Waals surface area contributed by atoms with E-state index in [0.29, 0.717) is 37.6 Å². The van der Waals surface area contributed by atoms with E-state index in [1.165, 1.54) is 0 Å². The average Bonchev–Trinajstić information content (AvgIpc) is 2.99. The molecule has 1 aromatic carbocycles. The van der Waals surface area contributed by atoms with Crippen molar-refractivity contribution in [3.8, 4) is 11.4 Å². The van der Waals surface area contributed by atoms with Gasteiger partial charge in [-0.3, -0.25) is 4.79 Å². The van der Waals surface area contributed by atoms with Gasteiger partial charge in [0.15, 0.2) is 0 Å². The van der Waals surface area contributed by atoms with Crippen molar-refractivity contribution in [2.24, 2.45) is 5.92 Å². The van der Waals surface area contributed by atoms with Crippen LogP contribution in [-0.4, -0.2) is 65.7 Å². The van der Waals surface area contributed by atoms with Crippen LogP contribution < -0.4 is 4.74 Å². The van der Waals surface area contributed by atoms with Gasteiger partial charge >= 0.3 is 0 Å². The highest BCUT2D eigenvalue weighted by Crippen LogP contribution is 2.22. The number of rotatable bonds is 4. The van der Waals surface area contributed by atoms with E-state index in [2.05, 4.69) is 5.10 Å². The molecule has 2 heterocycles. The fraction of sp³-hybridized carbons (Fsp3) is 0.412. The van der Waals surface area contributed by atoms with Gasteiger partial charge in [0, 0.05) is 31.8 Å². The Hall–Kier alpha value is -2.38. The summed E-state index contributed by atoms with van der Waals surface area (Å²) < 4.78 is 12.4. The van der Waals surface area contributed by atoms with E-state index in [4.69, 9.17) is 9.47 Å². The van der Waals surface area contributed by atoms with Gasteiger partial charge in [-0.05, 0) is 12.1 Å². The molecule has 1 N–H and O–H groups in total. The molecule has 1 aromatic heterocycles. The number of aliphatic hydroxyl groups excluding tert-OH is 1. The van der Waals surface area contributed by atoms with E-state index >= 15 is 0 Å². The number of para-hydroxylation sites is 2. The van der Waals surface area contributed by atoms with Crippen molar-refractivity contribution in [1.29, 1.82) is 0 Å². The number of carbonyl (C=O) groups is 1. The molecule has 0 radical (unpaired) electrons. The molecule has 1 unspecified atom stereocenters. The van der Waals surface area contributed by atoms with E-state index < -0.39 is 0 Å². The Morgan fingerprint density at radius 3 is 3.08 bits per heavy atom. The number of nitrogens with zero attached hydrogens (tertiary/aromatic N) is 3. The minimum absolute atomic E-state index is 0.00422. The first-order chi connectivity index (χ1) is 11.7. The molecular weight excluding hydrogens is 310 g/mol. The predicted molar refractivity (Wildman–Crippen MR) is 87.4 cm³/mol. The molecule has 1 atom stereocenters. The van der Waals surface area contributed by atoms with Gasteiger partial charge in [0.1, 0.15) is 11.4 Å². The highest BCUT2D eigenvalue weighted by Gasteiger charge is 2.24. The Labute approximate surface area is 140 Å². The third kappa shape index (κ3) is 3.42. The summed E-state index contributed by atoms with van der Waals surface area (Å²) in [5.41, 5.74) is 1.27. The fourth-order valence-corrected chi connectivity index (χ4v) is 2.74. The quantitative estimate of drug-likeness (QED) is 0.903. The molecule has 3 rings (SSSR count). The van der Waals surface area contributed by atoms with Gasteiger partial charge in [-0.25, -0.2) is 4.68 Å². The highest BCUT2D eigenvalue weighted by atomic mass is 16.5. The lowest BCUT2D eigenvalue weighted by Gasteiger charge is -2.21. The lowest BCUT2D eigenvalue weighted by Crippen LogP contribution is -2.36. The van der Waals surface area contributed by atoms with Gasteiger partial charge in [-0.2, -0.15) is 5.10 Å². The maximum Gasteiger partial charge on any atom is 0.257 e. The first-order valence-corrected chi connectivity index (χ1v) is 7.89. The zero-order chi connectivity index (χ0) is 16.9. The minimum Gasteiger partial charge on any atom is -0.494 e. The van der Waals surface area contributed by atoms with Gasteiger partial charge < -0.3 is 19.5 Å². The van der Waals surface area contributed by atoms with Crippen LogP contribution in [0.2, 0.25) is 0 Å². The summed E-state index contributed by atoms with van der Waals surface area (Å²) in [4.78, 5) is 14.4. The summed E-state index contributed by atoms with van der Waals surface area (Å²) in [6.07, 6.45) is 3.24. The average molecular weight is 331 g/mol. The number of aromatic nitrogens is 2. The highest BCUT2D eigenvalue weighted by molar-refractivity contribution is 5.93. The molecule has 0 spiro atoms. The molecule has 7 heteroatoms. The number of carbonyl (C=O) groups excluding carboxylic acids is 1.